The maximum absolute atomic E-state index is 13.4. The van der Waals surface area contributed by atoms with Crippen molar-refractivity contribution < 1.29 is 19.0 Å². The first-order valence-electron chi connectivity index (χ1n) is 5.88. The van der Waals surface area contributed by atoms with Crippen molar-refractivity contribution in [1.82, 2.24) is 0 Å². The van der Waals surface area contributed by atoms with Gasteiger partial charge in [0.15, 0.2) is 0 Å². The lowest BCUT2D eigenvalue weighted by molar-refractivity contribution is 0.0697. The van der Waals surface area contributed by atoms with E-state index in [0.717, 1.165) is 17.2 Å². The van der Waals surface area contributed by atoms with Crippen LogP contribution in [0.4, 0.5) is 4.39 Å². The molecule has 0 atom stereocenters. The van der Waals surface area contributed by atoms with Crippen LogP contribution in [0.3, 0.4) is 0 Å². The van der Waals surface area contributed by atoms with E-state index in [2.05, 4.69) is 0 Å². The second kappa shape index (κ2) is 4.48. The Morgan fingerprint density at radius 3 is 2.68 bits per heavy atom. The van der Waals surface area contributed by atoms with Gasteiger partial charge >= 0.3 is 5.97 Å². The zero-order valence-corrected chi connectivity index (χ0v) is 10.0. The Bertz CT molecular complexity index is 664. The van der Waals surface area contributed by atoms with Gasteiger partial charge in [0.2, 0.25) is 0 Å². The molecule has 3 nitrogen and oxygen atoms in total. The number of benzene rings is 2. The number of fused-ring (bicyclic) bond motifs is 1. The van der Waals surface area contributed by atoms with Gasteiger partial charge in [-0.15, -0.1) is 0 Å². The van der Waals surface area contributed by atoms with Crippen molar-refractivity contribution in [3.05, 3.63) is 58.9 Å². The van der Waals surface area contributed by atoms with Crippen molar-refractivity contribution in [2.45, 2.75) is 13.2 Å². The van der Waals surface area contributed by atoms with E-state index in [9.17, 15) is 9.18 Å². The summed E-state index contributed by atoms with van der Waals surface area (Å²) in [5.41, 5.74) is 3.30. The molecule has 0 amide bonds. The molecular formula is C15H11FO3. The van der Waals surface area contributed by atoms with E-state index in [4.69, 9.17) is 9.84 Å². The molecule has 1 aliphatic rings. The number of carboxylic acid groups (broad SMARTS) is 1. The number of halogens is 1. The fraction of sp³-hybridized carbons (Fsp3) is 0.133. The van der Waals surface area contributed by atoms with Gasteiger partial charge in [-0.3, -0.25) is 0 Å². The molecule has 96 valence electrons. The van der Waals surface area contributed by atoms with Crippen LogP contribution in [0.2, 0.25) is 0 Å². The molecule has 1 aliphatic heterocycles. The highest BCUT2D eigenvalue weighted by Crippen LogP contribution is 2.29. The topological polar surface area (TPSA) is 46.5 Å². The Labute approximate surface area is 109 Å². The van der Waals surface area contributed by atoms with Gasteiger partial charge in [0.05, 0.1) is 18.8 Å². The van der Waals surface area contributed by atoms with Gasteiger partial charge in [0.25, 0.3) is 0 Å². The summed E-state index contributed by atoms with van der Waals surface area (Å²) in [5, 5.41) is 9.16. The molecule has 0 aliphatic carbocycles. The molecule has 2 aromatic rings. The number of carbonyl (C=O) groups is 1. The van der Waals surface area contributed by atoms with Crippen LogP contribution in [0.5, 0.6) is 0 Å². The Hall–Kier alpha value is -2.20. The minimum atomic E-state index is -1.06. The van der Waals surface area contributed by atoms with Gasteiger partial charge in [-0.1, -0.05) is 12.1 Å². The van der Waals surface area contributed by atoms with Crippen LogP contribution in [0, 0.1) is 5.82 Å². The summed E-state index contributed by atoms with van der Waals surface area (Å²) in [7, 11) is 0. The number of hydrogen-bond acceptors (Lipinski definition) is 2. The Balaban J connectivity index is 2.16. The van der Waals surface area contributed by atoms with Gasteiger partial charge in [-0.2, -0.15) is 0 Å². The third kappa shape index (κ3) is 2.11. The average Bonchev–Trinajstić information content (AvgIpc) is 2.85. The molecule has 0 fully saturated rings. The molecule has 0 radical (unpaired) electrons. The predicted molar refractivity (Wildman–Crippen MR) is 67.3 cm³/mol. The van der Waals surface area contributed by atoms with Crippen LogP contribution >= 0.6 is 0 Å². The number of carboxylic acids is 1. The SMILES string of the molecule is O=C(O)c1ccc(F)cc1-c1ccc2c(c1)COC2. The van der Waals surface area contributed by atoms with E-state index >= 15 is 0 Å². The molecule has 0 saturated heterocycles. The lowest BCUT2D eigenvalue weighted by Gasteiger charge is -2.08. The maximum atomic E-state index is 13.4. The summed E-state index contributed by atoms with van der Waals surface area (Å²) in [6.45, 7) is 1.09. The fourth-order valence-corrected chi connectivity index (χ4v) is 2.28. The first-order valence-corrected chi connectivity index (χ1v) is 5.88. The van der Waals surface area contributed by atoms with Crippen LogP contribution < -0.4 is 0 Å². The average molecular weight is 258 g/mol. The number of hydrogen-bond donors (Lipinski definition) is 1. The largest absolute Gasteiger partial charge is 0.478 e. The lowest BCUT2D eigenvalue weighted by atomic mass is 9.96. The van der Waals surface area contributed by atoms with Crippen molar-refractivity contribution in [3.63, 3.8) is 0 Å². The zero-order valence-electron chi connectivity index (χ0n) is 10.0. The van der Waals surface area contributed by atoms with Crippen molar-refractivity contribution in [2.24, 2.45) is 0 Å². The van der Waals surface area contributed by atoms with Crippen molar-refractivity contribution in [3.8, 4) is 11.1 Å². The Morgan fingerprint density at radius 1 is 1.11 bits per heavy atom. The minimum Gasteiger partial charge on any atom is -0.478 e. The Kier molecular flexibility index (Phi) is 2.80. The lowest BCUT2D eigenvalue weighted by Crippen LogP contribution is -2.00. The highest BCUT2D eigenvalue weighted by atomic mass is 19.1. The van der Waals surface area contributed by atoms with Gasteiger partial charge in [-0.25, -0.2) is 9.18 Å². The molecule has 4 heteroatoms. The van der Waals surface area contributed by atoms with Gasteiger partial charge < -0.3 is 9.84 Å². The number of aromatic carboxylic acids is 1. The number of rotatable bonds is 2. The van der Waals surface area contributed by atoms with Crippen LogP contribution in [0.1, 0.15) is 21.5 Å². The third-order valence-electron chi connectivity index (χ3n) is 3.24. The molecule has 1 N–H and O–H groups in total. The van der Waals surface area contributed by atoms with E-state index in [1.165, 1.54) is 12.1 Å². The molecule has 1 heterocycles. The zero-order chi connectivity index (χ0) is 13.4. The third-order valence-corrected chi connectivity index (χ3v) is 3.24. The van der Waals surface area contributed by atoms with Gasteiger partial charge in [0.1, 0.15) is 5.82 Å². The first-order chi connectivity index (χ1) is 9.15. The van der Waals surface area contributed by atoms with Crippen LogP contribution in [-0.4, -0.2) is 11.1 Å². The molecule has 0 unspecified atom stereocenters. The van der Waals surface area contributed by atoms with Crippen molar-refractivity contribution in [2.75, 3.05) is 0 Å². The highest BCUT2D eigenvalue weighted by Gasteiger charge is 2.16. The minimum absolute atomic E-state index is 0.0975. The molecule has 3 rings (SSSR count). The molecule has 2 aromatic carbocycles. The second-order valence-electron chi connectivity index (χ2n) is 4.47. The van der Waals surface area contributed by atoms with Crippen molar-refractivity contribution in [1.29, 1.82) is 0 Å². The van der Waals surface area contributed by atoms with Crippen LogP contribution in [0.15, 0.2) is 36.4 Å². The Morgan fingerprint density at radius 2 is 1.89 bits per heavy atom. The molecule has 0 bridgehead atoms. The maximum Gasteiger partial charge on any atom is 0.336 e. The normalized spacial score (nSPS) is 13.3. The molecule has 0 spiro atoms. The summed E-state index contributed by atoms with van der Waals surface area (Å²) in [4.78, 5) is 11.2. The summed E-state index contributed by atoms with van der Waals surface area (Å²) in [6.07, 6.45) is 0. The summed E-state index contributed by atoms with van der Waals surface area (Å²) in [5.74, 6) is -1.51. The second-order valence-corrected chi connectivity index (χ2v) is 4.47. The quantitative estimate of drug-likeness (QED) is 0.899. The summed E-state index contributed by atoms with van der Waals surface area (Å²) < 4.78 is 18.7. The molecule has 19 heavy (non-hydrogen) atoms. The van der Waals surface area contributed by atoms with E-state index in [-0.39, 0.29) is 5.56 Å². The smallest absolute Gasteiger partial charge is 0.336 e. The summed E-state index contributed by atoms with van der Waals surface area (Å²) in [6, 6.07) is 9.26. The van der Waals surface area contributed by atoms with E-state index in [1.54, 1.807) is 6.07 Å². The van der Waals surface area contributed by atoms with E-state index in [0.29, 0.717) is 24.3 Å². The first kappa shape index (κ1) is 11.9. The van der Waals surface area contributed by atoms with E-state index in [1.807, 2.05) is 12.1 Å². The predicted octanol–water partition coefficient (Wildman–Crippen LogP) is 3.22. The molecule has 0 saturated carbocycles. The van der Waals surface area contributed by atoms with Crippen LogP contribution in [0.25, 0.3) is 11.1 Å². The monoisotopic (exact) mass is 258 g/mol. The van der Waals surface area contributed by atoms with Gasteiger partial charge in [0, 0.05) is 0 Å². The van der Waals surface area contributed by atoms with E-state index < -0.39 is 11.8 Å². The highest BCUT2D eigenvalue weighted by molar-refractivity contribution is 5.96. The molecular weight excluding hydrogens is 247 g/mol. The summed E-state index contributed by atoms with van der Waals surface area (Å²) >= 11 is 0. The number of ether oxygens (including phenoxy) is 1. The molecule has 0 aromatic heterocycles. The van der Waals surface area contributed by atoms with Crippen LogP contribution in [-0.2, 0) is 18.0 Å². The van der Waals surface area contributed by atoms with Gasteiger partial charge in [-0.05, 0) is 46.5 Å². The van der Waals surface area contributed by atoms with Crippen molar-refractivity contribution >= 4 is 5.97 Å². The standard InChI is InChI=1S/C15H11FO3/c16-12-3-4-13(15(17)18)14(6-12)9-1-2-10-7-19-8-11(10)5-9/h1-6H,7-8H2,(H,17,18). The fourth-order valence-electron chi connectivity index (χ4n) is 2.28.